The Morgan fingerprint density at radius 1 is 1.00 bits per heavy atom. The number of nitrogens with zero attached hydrogens (tertiary/aromatic N) is 1. The van der Waals surface area contributed by atoms with E-state index in [2.05, 4.69) is 17.6 Å². The van der Waals surface area contributed by atoms with Crippen LogP contribution in [0, 0.1) is 11.3 Å². The van der Waals surface area contributed by atoms with Crippen LogP contribution >= 0.6 is 0 Å². The van der Waals surface area contributed by atoms with Gasteiger partial charge >= 0.3 is 0 Å². The molecular weight excluding hydrogens is 342 g/mol. The number of carbonyl (C=O) groups is 2. The van der Waals surface area contributed by atoms with E-state index in [1.807, 2.05) is 24.3 Å². The lowest BCUT2D eigenvalue weighted by Crippen LogP contribution is -2.22. The van der Waals surface area contributed by atoms with Gasteiger partial charge in [0.05, 0.1) is 6.07 Å². The van der Waals surface area contributed by atoms with Crippen LogP contribution in [0.25, 0.3) is 0 Å². The van der Waals surface area contributed by atoms with Crippen LogP contribution < -0.4 is 15.4 Å². The van der Waals surface area contributed by atoms with Gasteiger partial charge in [-0.25, -0.2) is 0 Å². The number of carbonyl (C=O) groups excluding carboxylic acids is 2. The van der Waals surface area contributed by atoms with Gasteiger partial charge in [0.2, 0.25) is 5.91 Å². The van der Waals surface area contributed by atoms with Crippen LogP contribution in [0.4, 0.5) is 5.69 Å². The van der Waals surface area contributed by atoms with Crippen molar-refractivity contribution in [3.8, 4) is 11.8 Å². The lowest BCUT2D eigenvalue weighted by Gasteiger charge is -2.09. The van der Waals surface area contributed by atoms with Gasteiger partial charge in [0.25, 0.3) is 5.91 Å². The number of rotatable bonds is 9. The summed E-state index contributed by atoms with van der Waals surface area (Å²) in [6, 6.07) is 16.7. The minimum Gasteiger partial charge on any atom is -0.484 e. The first-order valence-electron chi connectivity index (χ1n) is 8.85. The summed E-state index contributed by atoms with van der Waals surface area (Å²) in [5, 5.41) is 13.8. The summed E-state index contributed by atoms with van der Waals surface area (Å²) in [5.74, 6) is 0.103. The summed E-state index contributed by atoms with van der Waals surface area (Å²) in [6.45, 7) is 2.40. The highest BCUT2D eigenvalue weighted by atomic mass is 16.5. The maximum Gasteiger partial charge on any atom is 0.262 e. The smallest absolute Gasteiger partial charge is 0.262 e. The molecule has 0 aliphatic carbocycles. The zero-order valence-electron chi connectivity index (χ0n) is 15.3. The van der Waals surface area contributed by atoms with Crippen molar-refractivity contribution < 1.29 is 14.3 Å². The molecule has 6 nitrogen and oxygen atoms in total. The molecule has 0 radical (unpaired) electrons. The molecule has 0 heterocycles. The number of nitriles is 1. The summed E-state index contributed by atoms with van der Waals surface area (Å²) in [6.07, 6.45) is 1.96. The molecule has 0 saturated heterocycles. The molecule has 0 aromatic heterocycles. The molecule has 0 aliphatic rings. The van der Waals surface area contributed by atoms with E-state index in [1.54, 1.807) is 30.3 Å². The fourth-order valence-electron chi connectivity index (χ4n) is 2.43. The average molecular weight is 365 g/mol. The van der Waals surface area contributed by atoms with Crippen molar-refractivity contribution >= 4 is 17.5 Å². The van der Waals surface area contributed by atoms with Crippen LogP contribution in [0.2, 0.25) is 0 Å². The van der Waals surface area contributed by atoms with Crippen molar-refractivity contribution in [2.45, 2.75) is 32.7 Å². The van der Waals surface area contributed by atoms with Gasteiger partial charge in [0.1, 0.15) is 12.2 Å². The van der Waals surface area contributed by atoms with E-state index in [1.165, 1.54) is 5.56 Å². The number of anilines is 1. The summed E-state index contributed by atoms with van der Waals surface area (Å²) in [4.78, 5) is 23.3. The molecule has 140 valence electrons. The predicted octanol–water partition coefficient (Wildman–Crippen LogP) is 3.19. The fourth-order valence-corrected chi connectivity index (χ4v) is 2.43. The van der Waals surface area contributed by atoms with Crippen molar-refractivity contribution in [3.05, 3.63) is 59.7 Å². The van der Waals surface area contributed by atoms with Gasteiger partial charge in [-0.2, -0.15) is 5.26 Å². The summed E-state index contributed by atoms with van der Waals surface area (Å²) in [5.41, 5.74) is 2.77. The van der Waals surface area contributed by atoms with E-state index < -0.39 is 0 Å². The summed E-state index contributed by atoms with van der Waals surface area (Å²) >= 11 is 0. The highest BCUT2D eigenvalue weighted by Crippen LogP contribution is 2.14. The van der Waals surface area contributed by atoms with E-state index in [0.717, 1.165) is 18.4 Å². The van der Waals surface area contributed by atoms with Gasteiger partial charge in [0, 0.05) is 12.2 Å². The normalized spacial score (nSPS) is 9.93. The van der Waals surface area contributed by atoms with E-state index in [-0.39, 0.29) is 24.8 Å². The minimum atomic E-state index is -0.310. The van der Waals surface area contributed by atoms with E-state index >= 15 is 0 Å². The van der Waals surface area contributed by atoms with Crippen molar-refractivity contribution in [2.24, 2.45) is 0 Å². The number of hydrogen-bond donors (Lipinski definition) is 2. The maximum atomic E-state index is 12.0. The molecule has 27 heavy (non-hydrogen) atoms. The topological polar surface area (TPSA) is 91.2 Å². The zero-order valence-corrected chi connectivity index (χ0v) is 15.3. The summed E-state index contributed by atoms with van der Waals surface area (Å²) in [7, 11) is 0. The van der Waals surface area contributed by atoms with Crippen LogP contribution in [-0.4, -0.2) is 18.4 Å². The predicted molar refractivity (Wildman–Crippen MR) is 103 cm³/mol. The highest BCUT2D eigenvalue weighted by molar-refractivity contribution is 5.91. The largest absolute Gasteiger partial charge is 0.484 e. The average Bonchev–Trinajstić information content (AvgIpc) is 2.67. The van der Waals surface area contributed by atoms with Gasteiger partial charge in [-0.3, -0.25) is 9.59 Å². The lowest BCUT2D eigenvalue weighted by atomic mass is 10.1. The first-order chi connectivity index (χ1) is 13.1. The van der Waals surface area contributed by atoms with Gasteiger partial charge in [-0.15, -0.1) is 0 Å². The number of aryl methyl sites for hydroxylation is 1. The van der Waals surface area contributed by atoms with Gasteiger partial charge in [-0.05, 0) is 41.8 Å². The molecule has 0 fully saturated rings. The second kappa shape index (κ2) is 10.6. The second-order valence-electron chi connectivity index (χ2n) is 6.04. The Morgan fingerprint density at radius 3 is 2.30 bits per heavy atom. The van der Waals surface area contributed by atoms with Gasteiger partial charge in [-0.1, -0.05) is 37.6 Å². The van der Waals surface area contributed by atoms with E-state index in [9.17, 15) is 9.59 Å². The molecule has 0 atom stereocenters. The van der Waals surface area contributed by atoms with Crippen molar-refractivity contribution in [3.63, 3.8) is 0 Å². The number of nitrogens with one attached hydrogen (secondary N) is 2. The fraction of sp³-hybridized carbons (Fsp3) is 0.286. The van der Waals surface area contributed by atoms with Crippen LogP contribution in [0.1, 0.15) is 30.9 Å². The molecule has 6 heteroatoms. The molecule has 0 bridgehead atoms. The maximum absolute atomic E-state index is 12.0. The Hall–Kier alpha value is -3.33. The standard InChI is InChI=1S/C21H23N3O3/c1-2-3-16-6-10-19(11-7-16)27-15-21(26)24-18-8-4-17(5-9-18)14-23-20(25)12-13-22/h4-11H,2-3,12,14-15H2,1H3,(H,23,25)(H,24,26). The molecule has 2 aromatic rings. The van der Waals surface area contributed by atoms with E-state index in [4.69, 9.17) is 10.00 Å². The molecule has 0 aliphatic heterocycles. The molecule has 2 aromatic carbocycles. The zero-order chi connectivity index (χ0) is 19.5. The third-order valence-electron chi connectivity index (χ3n) is 3.80. The number of benzene rings is 2. The Kier molecular flexibility index (Phi) is 7.86. The number of hydrogen-bond acceptors (Lipinski definition) is 4. The minimum absolute atomic E-state index is 0.0703. The Bertz CT molecular complexity index is 793. The monoisotopic (exact) mass is 365 g/mol. The second-order valence-corrected chi connectivity index (χ2v) is 6.04. The van der Waals surface area contributed by atoms with Gasteiger partial charge < -0.3 is 15.4 Å². The third-order valence-corrected chi connectivity index (χ3v) is 3.80. The Balaban J connectivity index is 1.76. The third kappa shape index (κ3) is 7.20. The highest BCUT2D eigenvalue weighted by Gasteiger charge is 2.05. The van der Waals surface area contributed by atoms with E-state index in [0.29, 0.717) is 18.0 Å². The molecule has 2 amide bonds. The first kappa shape index (κ1) is 20.0. The van der Waals surface area contributed by atoms with Crippen LogP contribution in [0.15, 0.2) is 48.5 Å². The van der Waals surface area contributed by atoms with Gasteiger partial charge in [0.15, 0.2) is 6.61 Å². The summed E-state index contributed by atoms with van der Waals surface area (Å²) < 4.78 is 5.50. The lowest BCUT2D eigenvalue weighted by molar-refractivity contribution is -0.120. The quantitative estimate of drug-likeness (QED) is 0.714. The molecule has 0 spiro atoms. The van der Waals surface area contributed by atoms with Crippen LogP contribution in [0.5, 0.6) is 5.75 Å². The van der Waals surface area contributed by atoms with Crippen molar-refractivity contribution in [2.75, 3.05) is 11.9 Å². The molecule has 2 N–H and O–H groups in total. The van der Waals surface area contributed by atoms with Crippen molar-refractivity contribution in [1.82, 2.24) is 5.32 Å². The van der Waals surface area contributed by atoms with Crippen molar-refractivity contribution in [1.29, 1.82) is 5.26 Å². The molecule has 0 saturated carbocycles. The van der Waals surface area contributed by atoms with Crippen LogP contribution in [-0.2, 0) is 22.6 Å². The molecule has 0 unspecified atom stereocenters. The molecule has 2 rings (SSSR count). The number of ether oxygens (including phenoxy) is 1. The SMILES string of the molecule is CCCc1ccc(OCC(=O)Nc2ccc(CNC(=O)CC#N)cc2)cc1. The Morgan fingerprint density at radius 2 is 1.67 bits per heavy atom. The Labute approximate surface area is 159 Å². The first-order valence-corrected chi connectivity index (χ1v) is 8.85. The van der Waals surface area contributed by atoms with Crippen LogP contribution in [0.3, 0.4) is 0 Å². The molecular formula is C21H23N3O3. The number of amides is 2.